The smallest absolute Gasteiger partial charge is 0.259 e. The van der Waals surface area contributed by atoms with E-state index in [1.54, 1.807) is 6.08 Å². The fourth-order valence-corrected chi connectivity index (χ4v) is 1.38. The fraction of sp³-hybridized carbons (Fsp3) is 0.400. The topological polar surface area (TPSA) is 66.9 Å². The van der Waals surface area contributed by atoms with E-state index in [4.69, 9.17) is 11.0 Å². The van der Waals surface area contributed by atoms with Crippen molar-refractivity contribution in [2.24, 2.45) is 11.7 Å². The van der Waals surface area contributed by atoms with E-state index in [0.717, 1.165) is 19.3 Å². The molecule has 0 heterocycles. The van der Waals surface area contributed by atoms with Crippen LogP contribution in [0.3, 0.4) is 0 Å². The van der Waals surface area contributed by atoms with Gasteiger partial charge in [-0.25, -0.2) is 0 Å². The van der Waals surface area contributed by atoms with E-state index >= 15 is 0 Å². The van der Waals surface area contributed by atoms with Crippen LogP contribution < -0.4 is 5.73 Å². The summed E-state index contributed by atoms with van der Waals surface area (Å²) < 4.78 is 0. The molecule has 1 amide bonds. The van der Waals surface area contributed by atoms with Crippen molar-refractivity contribution in [3.05, 3.63) is 23.8 Å². The maximum Gasteiger partial charge on any atom is 0.259 e. The van der Waals surface area contributed by atoms with Crippen LogP contribution in [-0.2, 0) is 4.79 Å². The molecule has 0 saturated heterocycles. The van der Waals surface area contributed by atoms with Crippen LogP contribution in [0.15, 0.2) is 23.8 Å². The minimum Gasteiger partial charge on any atom is -0.365 e. The average molecular weight is 176 g/mol. The maximum atomic E-state index is 10.7. The van der Waals surface area contributed by atoms with E-state index < -0.39 is 5.91 Å². The van der Waals surface area contributed by atoms with E-state index in [1.807, 2.05) is 6.07 Å². The second-order valence-corrected chi connectivity index (χ2v) is 3.10. The maximum absolute atomic E-state index is 10.7. The summed E-state index contributed by atoms with van der Waals surface area (Å²) in [6.45, 7) is 0. The van der Waals surface area contributed by atoms with E-state index in [1.165, 1.54) is 0 Å². The molecule has 0 aromatic carbocycles. The first-order valence-corrected chi connectivity index (χ1v) is 4.30. The molecule has 1 aliphatic carbocycles. The molecule has 1 atom stereocenters. The zero-order valence-corrected chi connectivity index (χ0v) is 7.36. The summed E-state index contributed by atoms with van der Waals surface area (Å²) in [7, 11) is 0. The highest BCUT2D eigenvalue weighted by molar-refractivity contribution is 5.95. The van der Waals surface area contributed by atoms with Gasteiger partial charge >= 0.3 is 0 Å². The largest absolute Gasteiger partial charge is 0.365 e. The molecule has 0 unspecified atom stereocenters. The molecule has 0 saturated carbocycles. The third kappa shape index (κ3) is 2.75. The van der Waals surface area contributed by atoms with Gasteiger partial charge in [-0.3, -0.25) is 4.79 Å². The highest BCUT2D eigenvalue weighted by Crippen LogP contribution is 2.20. The highest BCUT2D eigenvalue weighted by atomic mass is 16.1. The number of carbonyl (C=O) groups excluding carboxylic acids is 1. The number of primary amides is 1. The Kier molecular flexibility index (Phi) is 3.27. The molecular weight excluding hydrogens is 164 g/mol. The molecule has 0 bridgehead atoms. The number of nitrogens with zero attached hydrogens (tertiary/aromatic N) is 1. The van der Waals surface area contributed by atoms with Crippen molar-refractivity contribution in [3.8, 4) is 6.07 Å². The summed E-state index contributed by atoms with van der Waals surface area (Å²) in [6, 6.07) is 1.81. The van der Waals surface area contributed by atoms with Crippen molar-refractivity contribution in [3.63, 3.8) is 0 Å². The van der Waals surface area contributed by atoms with Gasteiger partial charge in [-0.1, -0.05) is 18.2 Å². The van der Waals surface area contributed by atoms with Gasteiger partial charge in [0.05, 0.1) is 0 Å². The SMILES string of the molecule is N#C/C(=C\[C@H]1CC=CCC1)C(N)=O. The van der Waals surface area contributed by atoms with Crippen LogP contribution in [0.2, 0.25) is 0 Å². The average Bonchev–Trinajstić information content (AvgIpc) is 2.15. The third-order valence-corrected chi connectivity index (χ3v) is 2.10. The first-order valence-electron chi connectivity index (χ1n) is 4.30. The molecule has 3 nitrogen and oxygen atoms in total. The Morgan fingerprint density at radius 2 is 2.38 bits per heavy atom. The molecule has 1 rings (SSSR count). The van der Waals surface area contributed by atoms with Crippen molar-refractivity contribution in [1.29, 1.82) is 5.26 Å². The Balaban J connectivity index is 2.68. The highest BCUT2D eigenvalue weighted by Gasteiger charge is 2.10. The lowest BCUT2D eigenvalue weighted by atomic mass is 9.92. The predicted molar refractivity (Wildman–Crippen MR) is 49.4 cm³/mol. The number of carbonyl (C=O) groups is 1. The predicted octanol–water partition coefficient (Wildman–Crippen LogP) is 1.28. The van der Waals surface area contributed by atoms with Crippen molar-refractivity contribution in [1.82, 2.24) is 0 Å². The molecule has 0 radical (unpaired) electrons. The summed E-state index contributed by atoms with van der Waals surface area (Å²) >= 11 is 0. The van der Waals surface area contributed by atoms with Gasteiger partial charge in [0, 0.05) is 0 Å². The van der Waals surface area contributed by atoms with Crippen LogP contribution in [0.5, 0.6) is 0 Å². The van der Waals surface area contributed by atoms with Gasteiger partial charge in [-0.2, -0.15) is 5.26 Å². The molecule has 2 N–H and O–H groups in total. The van der Waals surface area contributed by atoms with Crippen LogP contribution in [0, 0.1) is 17.2 Å². The third-order valence-electron chi connectivity index (χ3n) is 2.10. The number of hydrogen-bond acceptors (Lipinski definition) is 2. The zero-order valence-electron chi connectivity index (χ0n) is 7.36. The van der Waals surface area contributed by atoms with E-state index in [-0.39, 0.29) is 5.57 Å². The van der Waals surface area contributed by atoms with Crippen molar-refractivity contribution in [2.45, 2.75) is 19.3 Å². The molecule has 13 heavy (non-hydrogen) atoms. The second kappa shape index (κ2) is 4.46. The number of hydrogen-bond donors (Lipinski definition) is 1. The quantitative estimate of drug-likeness (QED) is 0.391. The van der Waals surface area contributed by atoms with Crippen LogP contribution in [-0.4, -0.2) is 5.91 Å². The van der Waals surface area contributed by atoms with E-state index in [9.17, 15) is 4.79 Å². The fourth-order valence-electron chi connectivity index (χ4n) is 1.38. The minimum atomic E-state index is -0.628. The summed E-state index contributed by atoms with van der Waals surface area (Å²) in [5.74, 6) is -0.329. The monoisotopic (exact) mass is 176 g/mol. The number of nitrogens with two attached hydrogens (primary N) is 1. The Bertz CT molecular complexity index is 297. The first kappa shape index (κ1) is 9.53. The zero-order chi connectivity index (χ0) is 9.68. The molecule has 0 aromatic heterocycles. The Labute approximate surface area is 77.5 Å². The van der Waals surface area contributed by atoms with Gasteiger partial charge < -0.3 is 5.73 Å². The normalized spacial score (nSPS) is 22.4. The van der Waals surface area contributed by atoms with Crippen molar-refractivity contribution < 1.29 is 4.79 Å². The summed E-state index contributed by atoms with van der Waals surface area (Å²) in [5.41, 5.74) is 5.10. The molecule has 0 aromatic rings. The van der Waals surface area contributed by atoms with Gasteiger partial charge in [0.15, 0.2) is 0 Å². The van der Waals surface area contributed by atoms with Gasteiger partial charge in [0.1, 0.15) is 11.6 Å². The lowest BCUT2D eigenvalue weighted by Crippen LogP contribution is -2.14. The number of amides is 1. The van der Waals surface area contributed by atoms with Crippen LogP contribution in [0.1, 0.15) is 19.3 Å². The van der Waals surface area contributed by atoms with Crippen LogP contribution in [0.4, 0.5) is 0 Å². The Hall–Kier alpha value is -1.56. The number of allylic oxidation sites excluding steroid dienone is 3. The van der Waals surface area contributed by atoms with Crippen molar-refractivity contribution >= 4 is 5.91 Å². The van der Waals surface area contributed by atoms with Crippen LogP contribution in [0.25, 0.3) is 0 Å². The van der Waals surface area contributed by atoms with Crippen molar-refractivity contribution in [2.75, 3.05) is 0 Å². The molecule has 0 spiro atoms. The Morgan fingerprint density at radius 3 is 2.85 bits per heavy atom. The lowest BCUT2D eigenvalue weighted by Gasteiger charge is -2.12. The molecule has 1 aliphatic rings. The first-order chi connectivity index (χ1) is 6.24. The van der Waals surface area contributed by atoms with Gasteiger partial charge in [0.2, 0.25) is 0 Å². The van der Waals surface area contributed by atoms with Gasteiger partial charge in [0.25, 0.3) is 5.91 Å². The van der Waals surface area contributed by atoms with Crippen LogP contribution >= 0.6 is 0 Å². The number of rotatable bonds is 2. The number of nitriles is 1. The summed E-state index contributed by atoms with van der Waals surface area (Å²) in [4.78, 5) is 10.7. The Morgan fingerprint density at radius 1 is 1.62 bits per heavy atom. The summed E-state index contributed by atoms with van der Waals surface area (Å²) in [5, 5.41) is 8.59. The minimum absolute atomic E-state index is 0.0836. The molecular formula is C10H12N2O. The molecule has 0 fully saturated rings. The molecule has 68 valence electrons. The van der Waals surface area contributed by atoms with Gasteiger partial charge in [-0.05, 0) is 25.2 Å². The molecule has 3 heteroatoms. The standard InChI is InChI=1S/C10H12N2O/c11-7-9(10(12)13)6-8-4-2-1-3-5-8/h1-2,6,8H,3-5H2,(H2,12,13)/b9-6+/t8-/m0/s1. The molecule has 0 aliphatic heterocycles. The van der Waals surface area contributed by atoms with E-state index in [2.05, 4.69) is 12.2 Å². The van der Waals surface area contributed by atoms with E-state index in [0.29, 0.717) is 5.92 Å². The second-order valence-electron chi connectivity index (χ2n) is 3.10. The summed E-state index contributed by atoms with van der Waals surface area (Å²) in [6.07, 6.45) is 8.78. The van der Waals surface area contributed by atoms with Gasteiger partial charge in [-0.15, -0.1) is 0 Å². The lowest BCUT2D eigenvalue weighted by molar-refractivity contribution is -0.114.